The van der Waals surface area contributed by atoms with E-state index >= 15 is 0 Å². The summed E-state index contributed by atoms with van der Waals surface area (Å²) < 4.78 is 0. The van der Waals surface area contributed by atoms with Gasteiger partial charge < -0.3 is 71.9 Å². The van der Waals surface area contributed by atoms with E-state index in [9.17, 15) is 0 Å². The average Bonchev–Trinajstić information content (AvgIpc) is 0. The first-order valence-corrected chi connectivity index (χ1v) is 0. The van der Waals surface area contributed by atoms with E-state index in [1.807, 2.05) is 0 Å². The Bertz CT molecular complexity index is 10.8. The zero-order valence-electron chi connectivity index (χ0n) is 2.95. The van der Waals surface area contributed by atoms with Crippen LogP contribution in [0.2, 0.25) is 0 Å². The molecule has 0 aliphatic rings. The molecule has 0 amide bonds. The third kappa shape index (κ3) is 22.4. The Labute approximate surface area is 212 Å². The molecule has 0 spiro atoms. The predicted molar refractivity (Wildman–Crippen MR) is 0 cm³/mol. The van der Waals surface area contributed by atoms with Crippen LogP contribution in [0.25, 0.3) is 0 Å². The summed E-state index contributed by atoms with van der Waals surface area (Å²) in [6.45, 7) is 0. The SMILES string of the molecule is [Cs+].[Dy+3].[I-].[I-].[I-].[Nd+3]. The fraction of sp³-hybridized carbons (Fsp3) is 0. The van der Waals surface area contributed by atoms with Crippen molar-refractivity contribution in [2.45, 2.75) is 0 Å². The van der Waals surface area contributed by atoms with Gasteiger partial charge in [0.15, 0.2) is 0 Å². The summed E-state index contributed by atoms with van der Waals surface area (Å²) in [7, 11) is 0. The van der Waals surface area contributed by atoms with Crippen LogP contribution in [0.5, 0.6) is 0 Å². The van der Waals surface area contributed by atoms with Crippen LogP contribution in [0.3, 0.4) is 0 Å². The first kappa shape index (κ1) is 38.4. The molecule has 0 nitrogen and oxygen atoms in total. The molecule has 0 aliphatic carbocycles. The summed E-state index contributed by atoms with van der Waals surface area (Å²) in [5.41, 5.74) is 0. The van der Waals surface area contributed by atoms with Crippen molar-refractivity contribution in [2.24, 2.45) is 0 Å². The largest absolute Gasteiger partial charge is 3.00 e. The smallest absolute Gasteiger partial charge is 1.00 e. The van der Waals surface area contributed by atoms with Gasteiger partial charge in [-0.15, -0.1) is 0 Å². The second kappa shape index (κ2) is 29.7. The Morgan fingerprint density at radius 2 is 0.667 bits per heavy atom. The zero-order chi connectivity index (χ0) is 0. The maximum atomic E-state index is 0. The van der Waals surface area contributed by atoms with Crippen molar-refractivity contribution in [3.05, 3.63) is 0 Å². The van der Waals surface area contributed by atoms with E-state index in [1.165, 1.54) is 0 Å². The van der Waals surface area contributed by atoms with Crippen molar-refractivity contribution in [1.29, 1.82) is 0 Å². The van der Waals surface area contributed by atoms with Crippen LogP contribution in [0.15, 0.2) is 0 Å². The minimum atomic E-state index is 0. The van der Waals surface area contributed by atoms with Gasteiger partial charge in [0.25, 0.3) is 0 Å². The normalized spacial score (nSPS) is 0. The van der Waals surface area contributed by atoms with Crippen LogP contribution in [-0.4, -0.2) is 0 Å². The fourth-order valence-corrected chi connectivity index (χ4v) is 0. The van der Waals surface area contributed by atoms with E-state index in [0.717, 1.165) is 0 Å². The van der Waals surface area contributed by atoms with Crippen molar-refractivity contribution in [3.8, 4) is 0 Å². The van der Waals surface area contributed by atoms with E-state index in [4.69, 9.17) is 0 Å². The molecule has 6 heavy (non-hydrogen) atoms. The molecule has 0 heterocycles. The molecule has 0 aromatic rings. The van der Waals surface area contributed by atoms with Gasteiger partial charge in [-0.1, -0.05) is 0 Å². The Balaban J connectivity index is 0. The minimum Gasteiger partial charge on any atom is -1.00 e. The summed E-state index contributed by atoms with van der Waals surface area (Å²) >= 11 is 0. The molecule has 32 valence electrons. The van der Waals surface area contributed by atoms with Crippen LogP contribution in [0.1, 0.15) is 0 Å². The van der Waals surface area contributed by atoms with Gasteiger partial charge in [0, 0.05) is 0 Å². The number of hydrogen-bond acceptors (Lipinski definition) is 0. The zero-order valence-corrected chi connectivity index (χ0v) is 20.9. The van der Waals surface area contributed by atoms with E-state index in [-0.39, 0.29) is 220 Å². The van der Waals surface area contributed by atoms with Crippen LogP contribution < -0.4 is 141 Å². The maximum Gasteiger partial charge on any atom is 3.00 e. The van der Waals surface area contributed by atoms with Gasteiger partial charge in [-0.05, 0) is 0 Å². The number of halogens is 3. The van der Waals surface area contributed by atoms with Crippen molar-refractivity contribution in [1.82, 2.24) is 0 Å². The second-order valence-corrected chi connectivity index (χ2v) is 0. The molecule has 0 saturated carbocycles. The first-order valence-electron chi connectivity index (χ1n) is 0. The van der Waals surface area contributed by atoms with Gasteiger partial charge in [-0.2, -0.15) is 0 Å². The predicted octanol–water partition coefficient (Wildman–Crippen LogP) is -12.0. The quantitative estimate of drug-likeness (QED) is 0.214. The van der Waals surface area contributed by atoms with Gasteiger partial charge in [0.05, 0.1) is 0 Å². The van der Waals surface area contributed by atoms with E-state index < -0.39 is 0 Å². The molecule has 0 fully saturated rings. The maximum absolute atomic E-state index is 0. The third-order valence-electron chi connectivity index (χ3n) is 0. The summed E-state index contributed by atoms with van der Waals surface area (Å²) in [5.74, 6) is 0. The summed E-state index contributed by atoms with van der Waals surface area (Å²) in [5, 5.41) is 0. The molecule has 0 aromatic heterocycles. The molecule has 0 atom stereocenters. The Morgan fingerprint density at radius 1 is 0.667 bits per heavy atom. The molecule has 0 rings (SSSR count). The fourth-order valence-electron chi connectivity index (χ4n) is 0. The molecule has 0 N–H and O–H groups in total. The second-order valence-electron chi connectivity index (χ2n) is 0. The van der Waals surface area contributed by atoms with Crippen LogP contribution in [0, 0.1) is 79.0 Å². The molecule has 0 aromatic carbocycles. The third-order valence-corrected chi connectivity index (χ3v) is 0. The van der Waals surface area contributed by atoms with Crippen LogP contribution >= 0.6 is 0 Å². The Hall–Kier alpha value is 6.87. The van der Waals surface area contributed by atoms with Crippen molar-refractivity contribution >= 4 is 0 Å². The van der Waals surface area contributed by atoms with Crippen LogP contribution in [-0.2, 0) is 0 Å². The summed E-state index contributed by atoms with van der Waals surface area (Å²) in [6.07, 6.45) is 0. The van der Waals surface area contributed by atoms with Crippen LogP contribution in [0.4, 0.5) is 0 Å². The van der Waals surface area contributed by atoms with E-state index in [2.05, 4.69) is 0 Å². The van der Waals surface area contributed by atoms with Gasteiger partial charge in [-0.25, -0.2) is 0 Å². The van der Waals surface area contributed by atoms with Crippen molar-refractivity contribution in [3.63, 3.8) is 0 Å². The minimum absolute atomic E-state index is 0. The standard InChI is InChI=1S/Cs.Dy.3HI.Nd/h;;3*1H;/q+1;+3;;;;+3/p-3. The monoisotopic (exact) mass is 819 g/mol. The van der Waals surface area contributed by atoms with E-state index in [1.54, 1.807) is 0 Å². The summed E-state index contributed by atoms with van der Waals surface area (Å²) in [6, 6.07) is 0. The summed E-state index contributed by atoms with van der Waals surface area (Å²) in [4.78, 5) is 0. The molecule has 0 unspecified atom stereocenters. The molecule has 6 heteroatoms. The number of rotatable bonds is 0. The van der Waals surface area contributed by atoms with Crippen molar-refractivity contribution in [2.75, 3.05) is 0 Å². The van der Waals surface area contributed by atoms with Crippen molar-refractivity contribution < 1.29 is 220 Å². The first-order chi connectivity index (χ1) is 0. The molecular formula is CsDyI3Nd+4. The van der Waals surface area contributed by atoms with E-state index in [0.29, 0.717) is 0 Å². The molecule has 0 aliphatic heterocycles. The average molecular weight is 820 g/mol. The molecule has 2 radical (unpaired) electrons. The Morgan fingerprint density at radius 3 is 0.667 bits per heavy atom. The number of hydrogen-bond donors (Lipinski definition) is 0. The van der Waals surface area contributed by atoms with Gasteiger partial charge >= 0.3 is 148 Å². The topological polar surface area (TPSA) is 0 Å². The van der Waals surface area contributed by atoms with Gasteiger partial charge in [0.2, 0.25) is 0 Å². The van der Waals surface area contributed by atoms with Gasteiger partial charge in [-0.3, -0.25) is 0 Å². The molecule has 0 saturated heterocycles. The molecule has 0 bridgehead atoms. The van der Waals surface area contributed by atoms with Gasteiger partial charge in [0.1, 0.15) is 0 Å². The molecular weight excluding hydrogens is 820 g/mol. The Kier molecular flexibility index (Phi) is 190.